The van der Waals surface area contributed by atoms with Crippen LogP contribution in [0.2, 0.25) is 0 Å². The molecule has 4 nitrogen and oxygen atoms in total. The SMILES string of the molecule is CCCc1nc2cc(C(=O)O)ccc2n1CCCC(C)C. The quantitative estimate of drug-likeness (QED) is 0.833. The molecule has 2 aromatic rings. The summed E-state index contributed by atoms with van der Waals surface area (Å²) >= 11 is 0. The minimum atomic E-state index is -0.900. The van der Waals surface area contributed by atoms with Gasteiger partial charge in [0.05, 0.1) is 16.6 Å². The number of hydrogen-bond donors (Lipinski definition) is 1. The molecule has 1 aromatic carbocycles. The van der Waals surface area contributed by atoms with Crippen LogP contribution in [0.5, 0.6) is 0 Å². The highest BCUT2D eigenvalue weighted by atomic mass is 16.4. The maximum Gasteiger partial charge on any atom is 0.335 e. The third-order valence-electron chi connectivity index (χ3n) is 3.71. The number of rotatable bonds is 7. The molecule has 0 atom stereocenters. The molecular weight excluding hydrogens is 264 g/mol. The number of carbonyl (C=O) groups is 1. The molecule has 4 heteroatoms. The normalized spacial score (nSPS) is 11.4. The summed E-state index contributed by atoms with van der Waals surface area (Å²) in [6.07, 6.45) is 4.29. The summed E-state index contributed by atoms with van der Waals surface area (Å²) in [7, 11) is 0. The molecule has 0 saturated carbocycles. The summed E-state index contributed by atoms with van der Waals surface area (Å²) in [5, 5.41) is 9.09. The predicted octanol–water partition coefficient (Wildman–Crippen LogP) is 4.12. The molecule has 1 N–H and O–H groups in total. The maximum atomic E-state index is 11.1. The summed E-state index contributed by atoms with van der Waals surface area (Å²) < 4.78 is 2.26. The fraction of sp³-hybridized carbons (Fsp3) is 0.529. The van der Waals surface area contributed by atoms with E-state index in [4.69, 9.17) is 5.11 Å². The smallest absolute Gasteiger partial charge is 0.335 e. The van der Waals surface area contributed by atoms with Crippen LogP contribution in [-0.2, 0) is 13.0 Å². The van der Waals surface area contributed by atoms with E-state index >= 15 is 0 Å². The van der Waals surface area contributed by atoms with Gasteiger partial charge in [-0.25, -0.2) is 9.78 Å². The molecule has 0 aliphatic carbocycles. The van der Waals surface area contributed by atoms with Crippen molar-refractivity contribution in [3.8, 4) is 0 Å². The van der Waals surface area contributed by atoms with E-state index < -0.39 is 5.97 Å². The van der Waals surface area contributed by atoms with Gasteiger partial charge in [-0.2, -0.15) is 0 Å². The average Bonchev–Trinajstić information content (AvgIpc) is 2.76. The number of aryl methyl sites for hydroxylation is 2. The van der Waals surface area contributed by atoms with Crippen LogP contribution < -0.4 is 0 Å². The number of fused-ring (bicyclic) bond motifs is 1. The lowest BCUT2D eigenvalue weighted by atomic mass is 10.1. The fourth-order valence-electron chi connectivity index (χ4n) is 2.63. The van der Waals surface area contributed by atoms with Gasteiger partial charge in [0, 0.05) is 13.0 Å². The van der Waals surface area contributed by atoms with Crippen LogP contribution in [0.3, 0.4) is 0 Å². The lowest BCUT2D eigenvalue weighted by Crippen LogP contribution is -2.05. The molecule has 0 spiro atoms. The van der Waals surface area contributed by atoms with Crippen molar-refractivity contribution in [2.24, 2.45) is 5.92 Å². The van der Waals surface area contributed by atoms with E-state index in [1.165, 1.54) is 6.42 Å². The first-order valence-corrected chi connectivity index (χ1v) is 7.75. The van der Waals surface area contributed by atoms with Crippen molar-refractivity contribution in [1.82, 2.24) is 9.55 Å². The van der Waals surface area contributed by atoms with Crippen molar-refractivity contribution in [2.75, 3.05) is 0 Å². The third kappa shape index (κ3) is 3.63. The number of aromatic carboxylic acids is 1. The van der Waals surface area contributed by atoms with Crippen LogP contribution in [0.4, 0.5) is 0 Å². The van der Waals surface area contributed by atoms with Gasteiger partial charge in [-0.3, -0.25) is 0 Å². The van der Waals surface area contributed by atoms with Crippen molar-refractivity contribution in [3.05, 3.63) is 29.6 Å². The first-order valence-electron chi connectivity index (χ1n) is 7.75. The second kappa shape index (κ2) is 6.74. The summed E-state index contributed by atoms with van der Waals surface area (Å²) in [4.78, 5) is 15.7. The fourth-order valence-corrected chi connectivity index (χ4v) is 2.63. The molecule has 0 aliphatic rings. The molecule has 1 heterocycles. The number of benzene rings is 1. The molecule has 0 unspecified atom stereocenters. The maximum absolute atomic E-state index is 11.1. The van der Waals surface area contributed by atoms with E-state index in [0.717, 1.165) is 42.7 Å². The summed E-state index contributed by atoms with van der Waals surface area (Å²) in [6.45, 7) is 7.56. The Balaban J connectivity index is 2.35. The molecule has 114 valence electrons. The monoisotopic (exact) mass is 288 g/mol. The summed E-state index contributed by atoms with van der Waals surface area (Å²) in [6, 6.07) is 5.23. The Labute approximate surface area is 125 Å². The number of imidazole rings is 1. The van der Waals surface area contributed by atoms with E-state index in [1.807, 2.05) is 6.07 Å². The van der Waals surface area contributed by atoms with Gasteiger partial charge in [0.15, 0.2) is 0 Å². The Bertz CT molecular complexity index is 629. The van der Waals surface area contributed by atoms with E-state index in [2.05, 4.69) is 30.3 Å². The van der Waals surface area contributed by atoms with Gasteiger partial charge in [-0.1, -0.05) is 20.8 Å². The van der Waals surface area contributed by atoms with Crippen LogP contribution in [0.1, 0.15) is 56.2 Å². The predicted molar refractivity (Wildman–Crippen MR) is 84.8 cm³/mol. The topological polar surface area (TPSA) is 55.1 Å². The largest absolute Gasteiger partial charge is 0.478 e. The minimum absolute atomic E-state index is 0.303. The summed E-state index contributed by atoms with van der Waals surface area (Å²) in [5.74, 6) is 0.870. The first-order chi connectivity index (χ1) is 10.0. The van der Waals surface area contributed by atoms with Crippen molar-refractivity contribution in [3.63, 3.8) is 0 Å². The van der Waals surface area contributed by atoms with Gasteiger partial charge in [0.1, 0.15) is 5.82 Å². The highest BCUT2D eigenvalue weighted by Gasteiger charge is 2.12. The molecule has 0 amide bonds. The highest BCUT2D eigenvalue weighted by molar-refractivity contribution is 5.92. The van der Waals surface area contributed by atoms with E-state index in [-0.39, 0.29) is 0 Å². The lowest BCUT2D eigenvalue weighted by Gasteiger charge is -2.10. The van der Waals surface area contributed by atoms with E-state index in [0.29, 0.717) is 11.5 Å². The molecule has 0 saturated heterocycles. The zero-order valence-corrected chi connectivity index (χ0v) is 13.1. The van der Waals surface area contributed by atoms with Gasteiger partial charge in [-0.05, 0) is 43.4 Å². The zero-order valence-electron chi connectivity index (χ0n) is 13.1. The van der Waals surface area contributed by atoms with E-state index in [1.54, 1.807) is 12.1 Å². The summed E-state index contributed by atoms with van der Waals surface area (Å²) in [5.41, 5.74) is 2.15. The van der Waals surface area contributed by atoms with Gasteiger partial charge in [-0.15, -0.1) is 0 Å². The van der Waals surface area contributed by atoms with Crippen molar-refractivity contribution in [2.45, 2.75) is 53.0 Å². The standard InChI is InChI=1S/C17H24N2O2/c1-4-6-16-18-14-11-13(17(20)21)8-9-15(14)19(16)10-5-7-12(2)3/h8-9,11-12H,4-7,10H2,1-3H3,(H,20,21). The molecule has 1 aromatic heterocycles. The molecule has 0 aliphatic heterocycles. The lowest BCUT2D eigenvalue weighted by molar-refractivity contribution is 0.0697. The van der Waals surface area contributed by atoms with Gasteiger partial charge < -0.3 is 9.67 Å². The Morgan fingerprint density at radius 3 is 2.76 bits per heavy atom. The number of carboxylic acid groups (broad SMARTS) is 1. The van der Waals surface area contributed by atoms with Crippen LogP contribution in [0.25, 0.3) is 11.0 Å². The minimum Gasteiger partial charge on any atom is -0.478 e. The number of aromatic nitrogens is 2. The average molecular weight is 288 g/mol. The zero-order chi connectivity index (χ0) is 15.4. The van der Waals surface area contributed by atoms with Crippen LogP contribution >= 0.6 is 0 Å². The molecule has 0 radical (unpaired) electrons. The molecule has 0 bridgehead atoms. The molecule has 0 fully saturated rings. The molecule has 21 heavy (non-hydrogen) atoms. The van der Waals surface area contributed by atoms with Gasteiger partial charge in [0.2, 0.25) is 0 Å². The van der Waals surface area contributed by atoms with E-state index in [9.17, 15) is 4.79 Å². The molecule has 2 rings (SSSR count). The molecular formula is C17H24N2O2. The third-order valence-corrected chi connectivity index (χ3v) is 3.71. The number of hydrogen-bond acceptors (Lipinski definition) is 2. The van der Waals surface area contributed by atoms with Crippen molar-refractivity contribution < 1.29 is 9.90 Å². The van der Waals surface area contributed by atoms with Crippen molar-refractivity contribution >= 4 is 17.0 Å². The number of nitrogens with zero attached hydrogens (tertiary/aromatic N) is 2. The highest BCUT2D eigenvalue weighted by Crippen LogP contribution is 2.20. The van der Waals surface area contributed by atoms with Crippen LogP contribution in [0.15, 0.2) is 18.2 Å². The van der Waals surface area contributed by atoms with Crippen LogP contribution in [0, 0.1) is 5.92 Å². The second-order valence-corrected chi connectivity index (χ2v) is 5.97. The Morgan fingerprint density at radius 2 is 2.14 bits per heavy atom. The van der Waals surface area contributed by atoms with Crippen LogP contribution in [-0.4, -0.2) is 20.6 Å². The Hall–Kier alpha value is -1.84. The second-order valence-electron chi connectivity index (χ2n) is 5.97. The number of carboxylic acids is 1. The van der Waals surface area contributed by atoms with Crippen molar-refractivity contribution in [1.29, 1.82) is 0 Å². The van der Waals surface area contributed by atoms with Gasteiger partial charge in [0.25, 0.3) is 0 Å². The van der Waals surface area contributed by atoms with Gasteiger partial charge >= 0.3 is 5.97 Å². The Kier molecular flexibility index (Phi) is 4.99. The Morgan fingerprint density at radius 1 is 1.38 bits per heavy atom. The first kappa shape index (κ1) is 15.5.